The van der Waals surface area contributed by atoms with Gasteiger partial charge in [0.05, 0.1) is 18.2 Å². The topological polar surface area (TPSA) is 119 Å². The van der Waals surface area contributed by atoms with E-state index in [4.69, 9.17) is 0 Å². The molecular formula is C28H29F3N4O5S. The molecule has 9 nitrogen and oxygen atoms in total. The molecule has 2 aromatic carbocycles. The lowest BCUT2D eigenvalue weighted by Gasteiger charge is -2.34. The number of aryl methyl sites for hydroxylation is 1. The van der Waals surface area contributed by atoms with Crippen LogP contribution < -0.4 is 10.2 Å². The fraction of sp³-hybridized carbons (Fsp3) is 0.393. The minimum Gasteiger partial charge on any atom is -0.394 e. The maximum atomic E-state index is 13.1. The van der Waals surface area contributed by atoms with Crippen molar-refractivity contribution in [1.29, 1.82) is 0 Å². The predicted octanol–water partition coefficient (Wildman–Crippen LogP) is 3.21. The minimum absolute atomic E-state index is 0.0109. The fourth-order valence-corrected chi connectivity index (χ4v) is 6.64. The van der Waals surface area contributed by atoms with Gasteiger partial charge in [0.2, 0.25) is 15.9 Å². The van der Waals surface area contributed by atoms with Gasteiger partial charge in [-0.15, -0.1) is 0 Å². The maximum absolute atomic E-state index is 13.1. The van der Waals surface area contributed by atoms with Crippen molar-refractivity contribution in [3.8, 4) is 0 Å². The van der Waals surface area contributed by atoms with Crippen molar-refractivity contribution < 1.29 is 36.3 Å². The molecule has 0 bridgehead atoms. The number of rotatable bonds is 6. The van der Waals surface area contributed by atoms with Crippen LogP contribution in [-0.4, -0.2) is 66.8 Å². The van der Waals surface area contributed by atoms with Crippen LogP contribution in [0.25, 0.3) is 6.08 Å². The number of aliphatic hydroxyl groups is 1. The summed E-state index contributed by atoms with van der Waals surface area (Å²) in [6, 6.07) is 9.46. The lowest BCUT2D eigenvalue weighted by Crippen LogP contribution is -2.50. The number of benzene rings is 2. The van der Waals surface area contributed by atoms with Crippen LogP contribution in [0.4, 0.5) is 18.9 Å². The standard InChI is InChI=1S/C28H29F3N4O5S/c1-18-15-22(35-23(17-36)7-8-24(35)37)6-5-19(18)9-14-41(39,40)34-12-10-27(11-13-34)26(38)32-25(33-27)20-3-2-4-21(16-20)28(29,30)31/h2-6,9,14-16,23,36H,7-8,10-13,17H2,1H3,(H,32,33,38)/t23-/m0/s1. The van der Waals surface area contributed by atoms with E-state index in [1.54, 1.807) is 30.0 Å². The number of sulfonamides is 1. The van der Waals surface area contributed by atoms with Crippen molar-refractivity contribution in [2.24, 2.45) is 4.99 Å². The van der Waals surface area contributed by atoms with E-state index in [0.29, 0.717) is 24.1 Å². The molecule has 2 saturated heterocycles. The first-order valence-electron chi connectivity index (χ1n) is 13.1. The molecule has 1 atom stereocenters. The highest BCUT2D eigenvalue weighted by Crippen LogP contribution is 2.34. The quantitative estimate of drug-likeness (QED) is 0.536. The van der Waals surface area contributed by atoms with Crippen molar-refractivity contribution in [3.63, 3.8) is 0 Å². The zero-order valence-corrected chi connectivity index (χ0v) is 23.0. The van der Waals surface area contributed by atoms with E-state index in [9.17, 15) is 36.3 Å². The summed E-state index contributed by atoms with van der Waals surface area (Å²) in [6.45, 7) is 1.68. The average molecular weight is 591 g/mol. The van der Waals surface area contributed by atoms with Gasteiger partial charge >= 0.3 is 6.18 Å². The molecule has 3 aliphatic rings. The van der Waals surface area contributed by atoms with Crippen LogP contribution in [0.1, 0.15) is 47.9 Å². The molecule has 13 heteroatoms. The Morgan fingerprint density at radius 3 is 2.54 bits per heavy atom. The molecule has 0 aliphatic carbocycles. The summed E-state index contributed by atoms with van der Waals surface area (Å²) >= 11 is 0. The molecule has 5 rings (SSSR count). The van der Waals surface area contributed by atoms with E-state index in [-0.39, 0.29) is 55.9 Å². The number of nitrogens with zero attached hydrogens (tertiary/aromatic N) is 3. The van der Waals surface area contributed by atoms with Gasteiger partial charge in [-0.3, -0.25) is 14.6 Å². The zero-order valence-electron chi connectivity index (χ0n) is 22.2. The number of carbonyl (C=O) groups is 2. The summed E-state index contributed by atoms with van der Waals surface area (Å²) in [5, 5.41) is 13.2. The number of aliphatic imine (C=N–C) groups is 1. The number of aliphatic hydroxyl groups excluding tert-OH is 1. The molecule has 0 saturated carbocycles. The highest BCUT2D eigenvalue weighted by Gasteiger charge is 2.47. The molecule has 218 valence electrons. The van der Waals surface area contributed by atoms with Crippen LogP contribution >= 0.6 is 0 Å². The van der Waals surface area contributed by atoms with Gasteiger partial charge in [-0.05, 0) is 67.7 Å². The number of piperidine rings is 1. The summed E-state index contributed by atoms with van der Waals surface area (Å²) in [4.78, 5) is 31.1. The predicted molar refractivity (Wildman–Crippen MR) is 146 cm³/mol. The van der Waals surface area contributed by atoms with Crippen LogP contribution in [0.2, 0.25) is 0 Å². The van der Waals surface area contributed by atoms with E-state index in [1.165, 1.54) is 22.5 Å². The molecule has 2 amide bonds. The van der Waals surface area contributed by atoms with Crippen molar-refractivity contribution in [1.82, 2.24) is 9.62 Å². The van der Waals surface area contributed by atoms with Gasteiger partial charge in [0.25, 0.3) is 5.91 Å². The molecule has 0 aromatic heterocycles. The van der Waals surface area contributed by atoms with Crippen LogP contribution in [0, 0.1) is 6.92 Å². The third-order valence-electron chi connectivity index (χ3n) is 7.84. The Labute approximate surface area is 235 Å². The first-order valence-corrected chi connectivity index (χ1v) is 14.6. The van der Waals surface area contributed by atoms with Gasteiger partial charge in [0.15, 0.2) is 0 Å². The van der Waals surface area contributed by atoms with Gasteiger partial charge in [0, 0.05) is 36.2 Å². The minimum atomic E-state index is -4.54. The number of hydrogen-bond donors (Lipinski definition) is 2. The Bertz CT molecular complexity index is 1550. The summed E-state index contributed by atoms with van der Waals surface area (Å²) in [5.74, 6) is -0.496. The SMILES string of the molecule is Cc1cc(N2C(=O)CC[C@H]2CO)ccc1C=CS(=O)(=O)N1CCC2(CC1)N=C(c1cccc(C(F)(F)F)c1)NC2=O. The van der Waals surface area contributed by atoms with Crippen molar-refractivity contribution in [2.45, 2.75) is 50.4 Å². The van der Waals surface area contributed by atoms with Crippen LogP contribution in [-0.2, 0) is 25.8 Å². The second-order valence-electron chi connectivity index (χ2n) is 10.5. The zero-order chi connectivity index (χ0) is 29.6. The number of amides is 2. The van der Waals surface area contributed by atoms with Crippen LogP contribution in [0.15, 0.2) is 52.9 Å². The Morgan fingerprint density at radius 1 is 1.15 bits per heavy atom. The van der Waals surface area contributed by atoms with Gasteiger partial charge < -0.3 is 15.3 Å². The van der Waals surface area contributed by atoms with Crippen molar-refractivity contribution in [2.75, 3.05) is 24.6 Å². The number of hydrogen-bond acceptors (Lipinski definition) is 6. The van der Waals surface area contributed by atoms with E-state index in [0.717, 1.165) is 23.1 Å². The highest BCUT2D eigenvalue weighted by molar-refractivity contribution is 7.92. The smallest absolute Gasteiger partial charge is 0.394 e. The number of halogens is 3. The summed E-state index contributed by atoms with van der Waals surface area (Å²) in [5.41, 5.74) is 0.0658. The molecule has 2 aromatic rings. The second-order valence-corrected chi connectivity index (χ2v) is 12.3. The van der Waals surface area contributed by atoms with Crippen molar-refractivity contribution in [3.05, 3.63) is 70.1 Å². The fourth-order valence-electron chi connectivity index (χ4n) is 5.46. The molecule has 3 heterocycles. The maximum Gasteiger partial charge on any atom is 0.416 e. The number of nitrogens with one attached hydrogen (secondary N) is 1. The first kappa shape index (κ1) is 29.0. The van der Waals surface area contributed by atoms with E-state index >= 15 is 0 Å². The molecular weight excluding hydrogens is 561 g/mol. The van der Waals surface area contributed by atoms with E-state index in [1.807, 2.05) is 0 Å². The molecule has 0 radical (unpaired) electrons. The Kier molecular flexibility index (Phi) is 7.55. The molecule has 41 heavy (non-hydrogen) atoms. The lowest BCUT2D eigenvalue weighted by atomic mass is 9.89. The highest BCUT2D eigenvalue weighted by atomic mass is 32.2. The molecule has 1 spiro atoms. The average Bonchev–Trinajstić information content (AvgIpc) is 3.46. The Morgan fingerprint density at radius 2 is 1.88 bits per heavy atom. The first-order chi connectivity index (χ1) is 19.3. The third kappa shape index (κ3) is 5.66. The van der Waals surface area contributed by atoms with Gasteiger partial charge in [-0.1, -0.05) is 18.2 Å². The largest absolute Gasteiger partial charge is 0.416 e. The summed E-state index contributed by atoms with van der Waals surface area (Å²) in [6.07, 6.45) is -1.97. The number of amidine groups is 1. The molecule has 2 N–H and O–H groups in total. The summed E-state index contributed by atoms with van der Waals surface area (Å²) in [7, 11) is -3.85. The Balaban J connectivity index is 1.27. The second kappa shape index (κ2) is 10.7. The molecule has 2 fully saturated rings. The van der Waals surface area contributed by atoms with Gasteiger partial charge in [-0.25, -0.2) is 8.42 Å². The number of carbonyl (C=O) groups excluding carboxylic acids is 2. The van der Waals surface area contributed by atoms with E-state index < -0.39 is 33.2 Å². The molecule has 3 aliphatic heterocycles. The van der Waals surface area contributed by atoms with E-state index in [2.05, 4.69) is 10.3 Å². The van der Waals surface area contributed by atoms with Crippen molar-refractivity contribution >= 4 is 39.4 Å². The van der Waals surface area contributed by atoms with Gasteiger partial charge in [0.1, 0.15) is 11.4 Å². The van der Waals surface area contributed by atoms with Gasteiger partial charge in [-0.2, -0.15) is 17.5 Å². The van der Waals surface area contributed by atoms with Crippen LogP contribution in [0.3, 0.4) is 0 Å². The summed E-state index contributed by atoms with van der Waals surface area (Å²) < 4.78 is 66.8. The lowest BCUT2D eigenvalue weighted by molar-refractivity contribution is -0.137. The molecule has 0 unspecified atom stereocenters. The number of alkyl halides is 3. The van der Waals surface area contributed by atoms with Crippen LogP contribution in [0.5, 0.6) is 0 Å². The third-order valence-corrected chi connectivity index (χ3v) is 9.41. The Hall–Kier alpha value is -3.55. The number of anilines is 1. The monoisotopic (exact) mass is 590 g/mol. The normalized spacial score (nSPS) is 21.6.